The molecule has 31 heavy (non-hydrogen) atoms. The van der Waals surface area contributed by atoms with E-state index in [0.717, 1.165) is 20.9 Å². The van der Waals surface area contributed by atoms with Crippen LogP contribution >= 0.6 is 11.3 Å². The molecule has 0 bridgehead atoms. The van der Waals surface area contributed by atoms with Gasteiger partial charge in [-0.15, -0.1) is 11.3 Å². The van der Waals surface area contributed by atoms with Crippen LogP contribution in [0.2, 0.25) is 0 Å². The summed E-state index contributed by atoms with van der Waals surface area (Å²) in [6.45, 7) is 15.2. The summed E-state index contributed by atoms with van der Waals surface area (Å²) in [5, 5.41) is 1.06. The van der Waals surface area contributed by atoms with Crippen molar-refractivity contribution >= 4 is 30.0 Å². The Morgan fingerprint density at radius 1 is 1.13 bits per heavy atom. The largest absolute Gasteiger partial charge is 0.494 e. The Hall–Kier alpha value is -1.90. The van der Waals surface area contributed by atoms with Crippen LogP contribution < -0.4 is 5.46 Å². The van der Waals surface area contributed by atoms with E-state index in [1.807, 2.05) is 27.0 Å². The Kier molecular flexibility index (Phi) is 5.47. The van der Waals surface area contributed by atoms with Gasteiger partial charge in [-0.1, -0.05) is 24.3 Å². The monoisotopic (exact) mass is 442 g/mol. The van der Waals surface area contributed by atoms with Gasteiger partial charge in [-0.05, 0) is 59.5 Å². The fourth-order valence-electron chi connectivity index (χ4n) is 3.50. The summed E-state index contributed by atoms with van der Waals surface area (Å²) >= 11 is 1.68. The van der Waals surface area contributed by atoms with Crippen LogP contribution in [-0.2, 0) is 14.0 Å². The Labute approximate surface area is 189 Å². The molecule has 6 nitrogen and oxygen atoms in total. The molecule has 1 amide bonds. The number of nitrogens with zero attached hydrogens (tertiary/aromatic N) is 2. The summed E-state index contributed by atoms with van der Waals surface area (Å²) in [7, 11) is -0.357. The molecule has 0 unspecified atom stereocenters. The highest BCUT2D eigenvalue weighted by Crippen LogP contribution is 2.37. The molecule has 2 aromatic rings. The Balaban J connectivity index is 1.38. The van der Waals surface area contributed by atoms with E-state index in [1.165, 1.54) is 0 Å². The summed E-state index contributed by atoms with van der Waals surface area (Å²) < 4.78 is 17.7. The molecule has 8 heteroatoms. The van der Waals surface area contributed by atoms with Gasteiger partial charge in [0.2, 0.25) is 0 Å². The molecule has 0 N–H and O–H groups in total. The van der Waals surface area contributed by atoms with Crippen LogP contribution in [0, 0.1) is 0 Å². The Morgan fingerprint density at radius 2 is 1.71 bits per heavy atom. The Morgan fingerprint density at radius 3 is 2.26 bits per heavy atom. The molecule has 2 aliphatic rings. The van der Waals surface area contributed by atoms with Gasteiger partial charge in [0.15, 0.2) is 0 Å². The molecule has 4 rings (SSSR count). The first-order valence-electron chi connectivity index (χ1n) is 10.7. The number of benzene rings is 1. The van der Waals surface area contributed by atoms with Gasteiger partial charge in [0, 0.05) is 25.2 Å². The first-order chi connectivity index (χ1) is 14.3. The fourth-order valence-corrected chi connectivity index (χ4v) is 4.51. The molecule has 1 aromatic carbocycles. The van der Waals surface area contributed by atoms with E-state index < -0.39 is 5.60 Å². The highest BCUT2D eigenvalue weighted by atomic mass is 32.1. The molecule has 0 saturated carbocycles. The van der Waals surface area contributed by atoms with E-state index in [1.54, 1.807) is 16.2 Å². The van der Waals surface area contributed by atoms with Crippen molar-refractivity contribution in [2.75, 3.05) is 13.1 Å². The minimum atomic E-state index is -0.469. The van der Waals surface area contributed by atoms with Gasteiger partial charge in [0.05, 0.1) is 21.1 Å². The summed E-state index contributed by atoms with van der Waals surface area (Å²) in [5.41, 5.74) is 0.965. The van der Waals surface area contributed by atoms with Gasteiger partial charge in [0.25, 0.3) is 0 Å². The quantitative estimate of drug-likeness (QED) is 0.658. The van der Waals surface area contributed by atoms with Crippen LogP contribution in [-0.4, -0.2) is 53.0 Å². The first-order valence-corrected chi connectivity index (χ1v) is 11.6. The average Bonchev–Trinajstić information content (AvgIpc) is 3.15. The lowest BCUT2D eigenvalue weighted by molar-refractivity contribution is 0.00578. The van der Waals surface area contributed by atoms with Crippen LogP contribution in [0.5, 0.6) is 0 Å². The van der Waals surface area contributed by atoms with E-state index >= 15 is 0 Å². The molecule has 2 fully saturated rings. The number of carbonyl (C=O) groups is 1. The number of hydrogen-bond donors (Lipinski definition) is 0. The zero-order chi connectivity index (χ0) is 22.6. The number of carbonyl (C=O) groups excluding carboxylic acids is 1. The second kappa shape index (κ2) is 7.61. The molecule has 2 aliphatic heterocycles. The molecule has 166 valence electrons. The van der Waals surface area contributed by atoms with Crippen molar-refractivity contribution in [2.24, 2.45) is 0 Å². The summed E-state index contributed by atoms with van der Waals surface area (Å²) in [5.74, 6) is 0.273. The third-order valence-corrected chi connectivity index (χ3v) is 7.34. The molecule has 3 heterocycles. The SMILES string of the molecule is CC(C)(C)OC(=O)N1CC(c2ncc(-c3ccc(B4OC(C)(C)C(C)(C)O4)cc3)s2)C1. The smallest absolute Gasteiger partial charge is 0.444 e. The summed E-state index contributed by atoms with van der Waals surface area (Å²) in [6, 6.07) is 8.30. The maximum absolute atomic E-state index is 12.1. The maximum atomic E-state index is 12.1. The Bertz CT molecular complexity index is 943. The van der Waals surface area contributed by atoms with Crippen molar-refractivity contribution in [2.45, 2.75) is 71.2 Å². The lowest BCUT2D eigenvalue weighted by Gasteiger charge is -2.38. The van der Waals surface area contributed by atoms with Crippen LogP contribution in [0.3, 0.4) is 0 Å². The zero-order valence-corrected chi connectivity index (χ0v) is 20.2. The normalized spacial score (nSPS) is 20.6. The molecule has 0 radical (unpaired) electrons. The van der Waals surface area contributed by atoms with Crippen LogP contribution in [0.15, 0.2) is 30.5 Å². The molecule has 0 aliphatic carbocycles. The maximum Gasteiger partial charge on any atom is 0.494 e. The number of thiazole rings is 1. The van der Waals surface area contributed by atoms with Gasteiger partial charge < -0.3 is 18.9 Å². The average molecular weight is 442 g/mol. The van der Waals surface area contributed by atoms with Crippen LogP contribution in [0.25, 0.3) is 10.4 Å². The van der Waals surface area contributed by atoms with Crippen molar-refractivity contribution in [3.8, 4) is 10.4 Å². The van der Waals surface area contributed by atoms with Crippen molar-refractivity contribution in [3.63, 3.8) is 0 Å². The molecule has 1 aromatic heterocycles. The fraction of sp³-hybridized carbons (Fsp3) is 0.565. The highest BCUT2D eigenvalue weighted by Gasteiger charge is 2.51. The van der Waals surface area contributed by atoms with E-state index in [-0.39, 0.29) is 30.3 Å². The van der Waals surface area contributed by atoms with Crippen LogP contribution in [0.4, 0.5) is 4.79 Å². The lowest BCUT2D eigenvalue weighted by atomic mass is 9.79. The van der Waals surface area contributed by atoms with Crippen molar-refractivity contribution in [1.82, 2.24) is 9.88 Å². The topological polar surface area (TPSA) is 60.9 Å². The number of likely N-dealkylation sites (tertiary alicyclic amines) is 1. The lowest BCUT2D eigenvalue weighted by Crippen LogP contribution is -2.50. The van der Waals surface area contributed by atoms with Gasteiger partial charge in [-0.3, -0.25) is 0 Å². The van der Waals surface area contributed by atoms with E-state index in [4.69, 9.17) is 14.0 Å². The zero-order valence-electron chi connectivity index (χ0n) is 19.4. The van der Waals surface area contributed by atoms with Gasteiger partial charge >= 0.3 is 13.2 Å². The van der Waals surface area contributed by atoms with Gasteiger partial charge in [-0.25, -0.2) is 9.78 Å². The minimum absolute atomic E-state index is 0.251. The van der Waals surface area contributed by atoms with E-state index in [2.05, 4.69) is 56.9 Å². The van der Waals surface area contributed by atoms with Gasteiger partial charge in [-0.2, -0.15) is 0 Å². The third kappa shape index (κ3) is 4.52. The number of rotatable bonds is 3. The molecule has 2 saturated heterocycles. The second-order valence-corrected chi connectivity index (χ2v) is 11.4. The summed E-state index contributed by atoms with van der Waals surface area (Å²) in [6.07, 6.45) is 1.67. The van der Waals surface area contributed by atoms with Crippen LogP contribution in [0.1, 0.15) is 59.4 Å². The standard InChI is InChI=1S/C23H31BN2O4S/c1-21(2,3)28-20(27)26-13-16(14-26)19-25-12-18(31-19)15-8-10-17(11-9-15)24-29-22(4,5)23(6,7)30-24/h8-12,16H,13-14H2,1-7H3. The molecular weight excluding hydrogens is 411 g/mol. The predicted octanol–water partition coefficient (Wildman–Crippen LogP) is 4.44. The van der Waals surface area contributed by atoms with Crippen molar-refractivity contribution < 1.29 is 18.8 Å². The number of ether oxygens (including phenoxy) is 1. The van der Waals surface area contributed by atoms with E-state index in [9.17, 15) is 4.79 Å². The third-order valence-electron chi connectivity index (χ3n) is 6.13. The van der Waals surface area contributed by atoms with Crippen molar-refractivity contribution in [1.29, 1.82) is 0 Å². The highest BCUT2D eigenvalue weighted by molar-refractivity contribution is 7.15. The van der Waals surface area contributed by atoms with Crippen molar-refractivity contribution in [3.05, 3.63) is 35.5 Å². The number of aromatic nitrogens is 1. The summed E-state index contributed by atoms with van der Waals surface area (Å²) in [4.78, 5) is 19.6. The molecule has 0 atom stereocenters. The van der Waals surface area contributed by atoms with Gasteiger partial charge in [0.1, 0.15) is 5.60 Å². The molecular formula is C23H31BN2O4S. The minimum Gasteiger partial charge on any atom is -0.444 e. The second-order valence-electron chi connectivity index (χ2n) is 10.4. The number of hydrogen-bond acceptors (Lipinski definition) is 6. The predicted molar refractivity (Wildman–Crippen MR) is 124 cm³/mol. The van der Waals surface area contributed by atoms with E-state index in [0.29, 0.717) is 13.1 Å². The first kappa shape index (κ1) is 22.3. The number of amides is 1. The molecule has 0 spiro atoms.